The summed E-state index contributed by atoms with van der Waals surface area (Å²) in [5.41, 5.74) is 0.926. The van der Waals surface area contributed by atoms with E-state index in [0.29, 0.717) is 22.5 Å². The molecule has 0 aromatic carbocycles. The van der Waals surface area contributed by atoms with Gasteiger partial charge in [0.05, 0.1) is 0 Å². The number of hydrogen-bond acceptors (Lipinski definition) is 1. The number of carbonyl (C=O) groups excluding carboxylic acids is 1. The van der Waals surface area contributed by atoms with Crippen LogP contribution in [0.15, 0.2) is 12.2 Å². The second-order valence-corrected chi connectivity index (χ2v) is 9.25. The summed E-state index contributed by atoms with van der Waals surface area (Å²) in [6.07, 6.45) is 14.9. The molecule has 0 radical (unpaired) electrons. The van der Waals surface area contributed by atoms with Gasteiger partial charge in [0.2, 0.25) is 0 Å². The first-order valence-electron chi connectivity index (χ1n) is 9.71. The van der Waals surface area contributed by atoms with Crippen LogP contribution in [0.25, 0.3) is 0 Å². The van der Waals surface area contributed by atoms with Crippen molar-refractivity contribution < 1.29 is 4.79 Å². The van der Waals surface area contributed by atoms with Crippen molar-refractivity contribution >= 4 is 5.78 Å². The van der Waals surface area contributed by atoms with E-state index in [1.165, 1.54) is 44.9 Å². The maximum Gasteiger partial charge on any atom is 0.155 e. The lowest BCUT2D eigenvalue weighted by molar-refractivity contribution is -0.122. The molecule has 0 aromatic heterocycles. The van der Waals surface area contributed by atoms with Crippen LogP contribution in [0.3, 0.4) is 0 Å². The standard InChI is InChI=1S/C21H32O/c1-4-14-6-8-18-17-7-5-15-13-16(22)9-11-21(15,3)19(17)10-12-20(14,18)2/h9,11,14-15,17-19H,4-8,10,12-13H2,1-3H3/t14-,15?,17-,18-,19-,20+,21-/m0/s1. The first-order chi connectivity index (χ1) is 10.5. The zero-order chi connectivity index (χ0) is 15.5. The lowest BCUT2D eigenvalue weighted by Crippen LogP contribution is -2.52. The Balaban J connectivity index is 1.66. The molecule has 0 amide bonds. The molecular formula is C21H32O. The molecule has 1 nitrogen and oxygen atoms in total. The van der Waals surface area contributed by atoms with Gasteiger partial charge in [0.1, 0.15) is 0 Å². The van der Waals surface area contributed by atoms with E-state index in [0.717, 1.165) is 30.1 Å². The van der Waals surface area contributed by atoms with Gasteiger partial charge in [0, 0.05) is 6.42 Å². The fourth-order valence-corrected chi connectivity index (χ4v) is 7.41. The zero-order valence-corrected chi connectivity index (χ0v) is 14.6. The Kier molecular flexibility index (Phi) is 3.37. The SMILES string of the molecule is CC[C@H]1CC[C@H]2[C@@H]3CCC4CC(=O)C=C[C@]4(C)[C@H]3CC[C@]12C. The Morgan fingerprint density at radius 2 is 1.91 bits per heavy atom. The second kappa shape index (κ2) is 4.95. The van der Waals surface area contributed by atoms with Crippen LogP contribution in [-0.4, -0.2) is 5.78 Å². The normalized spacial score (nSPS) is 53.8. The molecule has 4 rings (SSSR count). The summed E-state index contributed by atoms with van der Waals surface area (Å²) in [5.74, 6) is 4.68. The van der Waals surface area contributed by atoms with Gasteiger partial charge in [-0.15, -0.1) is 0 Å². The second-order valence-electron chi connectivity index (χ2n) is 9.25. The van der Waals surface area contributed by atoms with Gasteiger partial charge in [-0.2, -0.15) is 0 Å². The van der Waals surface area contributed by atoms with Crippen molar-refractivity contribution in [3.05, 3.63) is 12.2 Å². The molecule has 4 aliphatic rings. The largest absolute Gasteiger partial charge is 0.295 e. The third kappa shape index (κ3) is 1.86. The predicted octanol–water partition coefficient (Wildman–Crippen LogP) is 5.40. The van der Waals surface area contributed by atoms with E-state index in [1.54, 1.807) is 0 Å². The summed E-state index contributed by atoms with van der Waals surface area (Å²) in [7, 11) is 0. The first kappa shape index (κ1) is 15.0. The van der Waals surface area contributed by atoms with Crippen LogP contribution in [0, 0.1) is 40.4 Å². The van der Waals surface area contributed by atoms with Crippen molar-refractivity contribution in [2.75, 3.05) is 0 Å². The molecule has 3 fully saturated rings. The predicted molar refractivity (Wildman–Crippen MR) is 90.4 cm³/mol. The van der Waals surface area contributed by atoms with Gasteiger partial charge in [-0.05, 0) is 85.0 Å². The fraction of sp³-hybridized carbons (Fsp3) is 0.857. The minimum atomic E-state index is 0.308. The summed E-state index contributed by atoms with van der Waals surface area (Å²) >= 11 is 0. The van der Waals surface area contributed by atoms with Gasteiger partial charge in [-0.1, -0.05) is 33.3 Å². The highest BCUT2D eigenvalue weighted by Crippen LogP contribution is 2.66. The quantitative estimate of drug-likeness (QED) is 0.633. The van der Waals surface area contributed by atoms with E-state index in [4.69, 9.17) is 0 Å². The summed E-state index contributed by atoms with van der Waals surface area (Å²) in [6, 6.07) is 0. The zero-order valence-electron chi connectivity index (χ0n) is 14.6. The average molecular weight is 300 g/mol. The van der Waals surface area contributed by atoms with Gasteiger partial charge in [0.25, 0.3) is 0 Å². The molecular weight excluding hydrogens is 268 g/mol. The Hall–Kier alpha value is -0.590. The summed E-state index contributed by atoms with van der Waals surface area (Å²) in [4.78, 5) is 11.8. The Labute approximate surface area is 135 Å². The molecule has 0 aromatic rings. The molecule has 0 saturated heterocycles. The smallest absolute Gasteiger partial charge is 0.155 e. The van der Waals surface area contributed by atoms with Crippen LogP contribution in [0.2, 0.25) is 0 Å². The van der Waals surface area contributed by atoms with Crippen LogP contribution in [0.4, 0.5) is 0 Å². The van der Waals surface area contributed by atoms with Crippen molar-refractivity contribution in [1.82, 2.24) is 0 Å². The van der Waals surface area contributed by atoms with E-state index < -0.39 is 0 Å². The van der Waals surface area contributed by atoms with Gasteiger partial charge in [-0.25, -0.2) is 0 Å². The molecule has 1 unspecified atom stereocenters. The van der Waals surface area contributed by atoms with Gasteiger partial charge < -0.3 is 0 Å². The highest BCUT2D eigenvalue weighted by atomic mass is 16.1. The minimum Gasteiger partial charge on any atom is -0.295 e. The molecule has 3 saturated carbocycles. The van der Waals surface area contributed by atoms with Crippen molar-refractivity contribution in [3.63, 3.8) is 0 Å². The number of carbonyl (C=O) groups is 1. The Bertz CT molecular complexity index is 506. The molecule has 0 aliphatic heterocycles. The first-order valence-corrected chi connectivity index (χ1v) is 9.71. The van der Waals surface area contributed by atoms with E-state index in [9.17, 15) is 4.79 Å². The molecule has 0 heterocycles. The number of allylic oxidation sites excluding steroid dienone is 2. The van der Waals surface area contributed by atoms with Crippen molar-refractivity contribution in [1.29, 1.82) is 0 Å². The number of rotatable bonds is 1. The molecule has 22 heavy (non-hydrogen) atoms. The minimum absolute atomic E-state index is 0.308. The van der Waals surface area contributed by atoms with Crippen LogP contribution >= 0.6 is 0 Å². The van der Waals surface area contributed by atoms with E-state index in [-0.39, 0.29) is 0 Å². The van der Waals surface area contributed by atoms with Gasteiger partial charge >= 0.3 is 0 Å². The van der Waals surface area contributed by atoms with Crippen LogP contribution in [0.5, 0.6) is 0 Å². The average Bonchev–Trinajstić information content (AvgIpc) is 2.84. The number of fused-ring (bicyclic) bond motifs is 5. The molecule has 0 spiro atoms. The Morgan fingerprint density at radius 1 is 1.09 bits per heavy atom. The van der Waals surface area contributed by atoms with Crippen LogP contribution in [-0.2, 0) is 4.79 Å². The van der Waals surface area contributed by atoms with Gasteiger partial charge in [-0.3, -0.25) is 4.79 Å². The topological polar surface area (TPSA) is 17.1 Å². The van der Waals surface area contributed by atoms with Crippen molar-refractivity contribution in [2.45, 2.75) is 72.1 Å². The van der Waals surface area contributed by atoms with E-state index >= 15 is 0 Å². The summed E-state index contributed by atoms with van der Waals surface area (Å²) in [5, 5.41) is 0. The van der Waals surface area contributed by atoms with Crippen LogP contribution in [0.1, 0.15) is 72.1 Å². The van der Waals surface area contributed by atoms with Crippen molar-refractivity contribution in [2.24, 2.45) is 40.4 Å². The third-order valence-electron chi connectivity index (χ3n) is 8.73. The maximum atomic E-state index is 11.8. The summed E-state index contributed by atoms with van der Waals surface area (Å²) in [6.45, 7) is 7.49. The molecule has 1 heteroatoms. The Morgan fingerprint density at radius 3 is 2.68 bits per heavy atom. The lowest BCUT2D eigenvalue weighted by atomic mass is 9.46. The van der Waals surface area contributed by atoms with E-state index in [1.807, 2.05) is 6.08 Å². The third-order valence-corrected chi connectivity index (χ3v) is 8.73. The van der Waals surface area contributed by atoms with E-state index in [2.05, 4.69) is 26.8 Å². The summed E-state index contributed by atoms with van der Waals surface area (Å²) < 4.78 is 0. The lowest BCUT2D eigenvalue weighted by Gasteiger charge is -2.59. The highest BCUT2D eigenvalue weighted by molar-refractivity contribution is 5.91. The molecule has 4 aliphatic carbocycles. The van der Waals surface area contributed by atoms with Crippen LogP contribution < -0.4 is 0 Å². The fourth-order valence-electron chi connectivity index (χ4n) is 7.41. The monoisotopic (exact) mass is 300 g/mol. The molecule has 122 valence electrons. The maximum absolute atomic E-state index is 11.8. The molecule has 0 bridgehead atoms. The van der Waals surface area contributed by atoms with Crippen molar-refractivity contribution in [3.8, 4) is 0 Å². The molecule has 7 atom stereocenters. The molecule has 0 N–H and O–H groups in total. The number of hydrogen-bond donors (Lipinski definition) is 0. The highest BCUT2D eigenvalue weighted by Gasteiger charge is 2.58. The number of ketones is 1. The van der Waals surface area contributed by atoms with Gasteiger partial charge in [0.15, 0.2) is 5.78 Å².